The maximum Gasteiger partial charge on any atom is 0.270 e. The highest BCUT2D eigenvalue weighted by Crippen LogP contribution is 2.35. The number of anilines is 1. The van der Waals surface area contributed by atoms with Crippen LogP contribution in [0.15, 0.2) is 52.4 Å². The van der Waals surface area contributed by atoms with Crippen molar-refractivity contribution in [2.75, 3.05) is 23.7 Å². The van der Waals surface area contributed by atoms with E-state index in [2.05, 4.69) is 11.8 Å². The first-order chi connectivity index (χ1) is 10.7. The lowest BCUT2D eigenvalue weighted by atomic mass is 10.3. The summed E-state index contributed by atoms with van der Waals surface area (Å²) in [4.78, 5) is 17.2. The van der Waals surface area contributed by atoms with Gasteiger partial charge in [0.15, 0.2) is 4.32 Å². The van der Waals surface area contributed by atoms with E-state index in [9.17, 15) is 4.79 Å². The third-order valence-corrected chi connectivity index (χ3v) is 5.89. The number of nitrogens with zero attached hydrogens (tertiary/aromatic N) is 2. The molecule has 2 aliphatic rings. The minimum absolute atomic E-state index is 0.0379. The second-order valence-corrected chi connectivity index (χ2v) is 7.60. The Labute approximate surface area is 144 Å². The lowest BCUT2D eigenvalue weighted by Gasteiger charge is -2.15. The van der Waals surface area contributed by atoms with Crippen molar-refractivity contribution in [3.8, 4) is 0 Å². The average molecular weight is 349 g/mol. The van der Waals surface area contributed by atoms with Gasteiger partial charge in [-0.2, -0.15) is 0 Å². The highest BCUT2D eigenvalue weighted by molar-refractivity contribution is 8.27. The summed E-state index contributed by atoms with van der Waals surface area (Å²) in [6, 6.07) is 9.55. The summed E-state index contributed by atoms with van der Waals surface area (Å²) in [6.07, 6.45) is 3.94. The Morgan fingerprint density at radius 1 is 1.27 bits per heavy atom. The molecule has 0 spiro atoms. The monoisotopic (exact) mass is 348 g/mol. The van der Waals surface area contributed by atoms with Gasteiger partial charge in [-0.25, -0.2) is 0 Å². The zero-order chi connectivity index (χ0) is 15.5. The fourth-order valence-electron chi connectivity index (χ4n) is 2.36. The first kappa shape index (κ1) is 15.6. The first-order valence-electron chi connectivity index (χ1n) is 7.11. The topological polar surface area (TPSA) is 23.6 Å². The molecule has 2 fully saturated rings. The highest BCUT2D eigenvalue weighted by atomic mass is 32.2. The molecule has 0 aromatic heterocycles. The van der Waals surface area contributed by atoms with Crippen molar-refractivity contribution in [2.24, 2.45) is 0 Å². The minimum atomic E-state index is -0.0379. The van der Waals surface area contributed by atoms with Crippen LogP contribution in [0.3, 0.4) is 0 Å². The molecule has 0 radical (unpaired) electrons. The Morgan fingerprint density at radius 2 is 2.05 bits per heavy atom. The molecule has 1 aromatic carbocycles. The predicted molar refractivity (Wildman–Crippen MR) is 100.0 cm³/mol. The summed E-state index contributed by atoms with van der Waals surface area (Å²) < 4.78 is 0.590. The first-order valence-corrected chi connectivity index (χ1v) is 9.32. The van der Waals surface area contributed by atoms with Crippen LogP contribution in [-0.4, -0.2) is 34.0 Å². The normalized spacial score (nSPS) is 22.4. The predicted octanol–water partition coefficient (Wildman–Crippen LogP) is 3.85. The second-order valence-electron chi connectivity index (χ2n) is 4.81. The van der Waals surface area contributed by atoms with Gasteiger partial charge in [0.1, 0.15) is 0 Å². The van der Waals surface area contributed by atoms with Crippen LogP contribution in [0.2, 0.25) is 0 Å². The number of thioether (sulfide) groups is 2. The van der Waals surface area contributed by atoms with E-state index in [0.29, 0.717) is 9.23 Å². The molecule has 2 aliphatic heterocycles. The molecule has 1 amide bonds. The molecule has 0 atom stereocenters. The number of para-hydroxylation sites is 1. The summed E-state index contributed by atoms with van der Waals surface area (Å²) in [6.45, 7) is 4.22. The number of rotatable bonds is 3. The summed E-state index contributed by atoms with van der Waals surface area (Å²) in [5, 5.41) is 1.23. The summed E-state index contributed by atoms with van der Waals surface area (Å²) in [5.41, 5.74) is 0.825. The minimum Gasteiger partial charge on any atom is -0.366 e. The molecule has 3 rings (SSSR count). The van der Waals surface area contributed by atoms with Crippen LogP contribution in [-0.2, 0) is 4.79 Å². The number of carbonyl (C=O) groups is 1. The Bertz CT molecular complexity index is 655. The molecule has 22 heavy (non-hydrogen) atoms. The van der Waals surface area contributed by atoms with Crippen molar-refractivity contribution in [2.45, 2.75) is 6.92 Å². The Balaban J connectivity index is 1.82. The molecule has 0 unspecified atom stereocenters. The lowest BCUT2D eigenvalue weighted by molar-refractivity contribution is -0.113. The average Bonchev–Trinajstić information content (AvgIpc) is 3.10. The van der Waals surface area contributed by atoms with Gasteiger partial charge in [0, 0.05) is 18.8 Å². The quantitative estimate of drug-likeness (QED) is 0.610. The van der Waals surface area contributed by atoms with Gasteiger partial charge in [-0.15, -0.1) is 11.8 Å². The third kappa shape index (κ3) is 3.09. The third-order valence-electron chi connectivity index (χ3n) is 3.49. The number of allylic oxidation sites excluding steroid dienone is 2. The van der Waals surface area contributed by atoms with Crippen molar-refractivity contribution in [1.29, 1.82) is 0 Å². The smallest absolute Gasteiger partial charge is 0.270 e. The Morgan fingerprint density at radius 3 is 2.77 bits per heavy atom. The van der Waals surface area contributed by atoms with Gasteiger partial charge in [-0.05, 0) is 31.2 Å². The van der Waals surface area contributed by atoms with Crippen LogP contribution >= 0.6 is 35.7 Å². The molecule has 6 heteroatoms. The largest absolute Gasteiger partial charge is 0.366 e. The molecule has 1 aromatic rings. The molecule has 3 nitrogen and oxygen atoms in total. The van der Waals surface area contributed by atoms with Crippen molar-refractivity contribution >= 4 is 51.7 Å². The van der Waals surface area contributed by atoms with E-state index in [0.717, 1.165) is 24.5 Å². The van der Waals surface area contributed by atoms with Crippen LogP contribution in [0, 0.1) is 0 Å². The van der Waals surface area contributed by atoms with E-state index < -0.39 is 0 Å². The van der Waals surface area contributed by atoms with Gasteiger partial charge in [0.05, 0.1) is 15.6 Å². The van der Waals surface area contributed by atoms with Crippen LogP contribution in [0.4, 0.5) is 5.69 Å². The van der Waals surface area contributed by atoms with Gasteiger partial charge < -0.3 is 4.90 Å². The molecular weight excluding hydrogens is 332 g/mol. The highest BCUT2D eigenvalue weighted by Gasteiger charge is 2.32. The molecule has 0 bridgehead atoms. The molecule has 114 valence electrons. The number of amides is 1. The summed E-state index contributed by atoms with van der Waals surface area (Å²) in [7, 11) is 0. The maximum atomic E-state index is 12.6. The van der Waals surface area contributed by atoms with Crippen LogP contribution in [0.25, 0.3) is 0 Å². The summed E-state index contributed by atoms with van der Waals surface area (Å²) >= 11 is 8.56. The second kappa shape index (κ2) is 6.89. The fraction of sp³-hybridized carbons (Fsp3) is 0.250. The van der Waals surface area contributed by atoms with Crippen LogP contribution < -0.4 is 4.90 Å². The zero-order valence-corrected chi connectivity index (χ0v) is 14.6. The molecular formula is C16H16N2OS3. The van der Waals surface area contributed by atoms with Crippen molar-refractivity contribution < 1.29 is 4.79 Å². The number of hydrogen-bond acceptors (Lipinski definition) is 5. The van der Waals surface area contributed by atoms with E-state index in [4.69, 9.17) is 12.2 Å². The van der Waals surface area contributed by atoms with Crippen molar-refractivity contribution in [3.63, 3.8) is 0 Å². The van der Waals surface area contributed by atoms with Crippen LogP contribution in [0.1, 0.15) is 6.92 Å². The molecule has 0 saturated carbocycles. The zero-order valence-electron chi connectivity index (χ0n) is 12.2. The standard InChI is InChI=1S/C16H16N2OS3/c1-2-17-10-11-21-14(17)9-8-13-15(19)18(16(20)22-13)12-6-4-3-5-7-12/h3-9H,2,10-11H2,1H3/b13-8+,14-9-. The van der Waals surface area contributed by atoms with E-state index in [1.54, 1.807) is 4.90 Å². The molecule has 2 heterocycles. The molecule has 0 N–H and O–H groups in total. The van der Waals surface area contributed by atoms with Gasteiger partial charge in [-0.1, -0.05) is 42.2 Å². The van der Waals surface area contributed by atoms with Crippen molar-refractivity contribution in [3.05, 3.63) is 52.4 Å². The Kier molecular flexibility index (Phi) is 4.90. The number of thiocarbonyl (C=S) groups is 1. The van der Waals surface area contributed by atoms with E-state index >= 15 is 0 Å². The Hall–Kier alpha value is -1.24. The van der Waals surface area contributed by atoms with Gasteiger partial charge >= 0.3 is 0 Å². The van der Waals surface area contributed by atoms with E-state index in [-0.39, 0.29) is 5.91 Å². The summed E-state index contributed by atoms with van der Waals surface area (Å²) in [5.74, 6) is 1.07. The van der Waals surface area contributed by atoms with E-state index in [1.807, 2.05) is 54.2 Å². The number of benzene rings is 1. The van der Waals surface area contributed by atoms with Gasteiger partial charge in [-0.3, -0.25) is 9.69 Å². The maximum absolute atomic E-state index is 12.6. The van der Waals surface area contributed by atoms with E-state index in [1.165, 1.54) is 16.8 Å². The molecule has 0 aliphatic carbocycles. The SMILES string of the molecule is CCN1CCS/C1=C\C=C1\SC(=S)N(c2ccccc2)C1=O. The number of hydrogen-bond donors (Lipinski definition) is 0. The van der Waals surface area contributed by atoms with Crippen molar-refractivity contribution in [1.82, 2.24) is 4.90 Å². The van der Waals surface area contributed by atoms with Crippen LogP contribution in [0.5, 0.6) is 0 Å². The lowest BCUT2D eigenvalue weighted by Crippen LogP contribution is -2.27. The fourth-order valence-corrected chi connectivity index (χ4v) is 4.69. The van der Waals surface area contributed by atoms with Gasteiger partial charge in [0.2, 0.25) is 0 Å². The van der Waals surface area contributed by atoms with Gasteiger partial charge in [0.25, 0.3) is 5.91 Å². The number of carbonyl (C=O) groups excluding carboxylic acids is 1. The molecule has 2 saturated heterocycles.